The number of nitrogens with zero attached hydrogens (tertiary/aromatic N) is 2. The maximum atomic E-state index is 12.9. The second-order valence-electron chi connectivity index (χ2n) is 6.32. The first kappa shape index (κ1) is 18.2. The molecule has 0 fully saturated rings. The Morgan fingerprint density at radius 1 is 1.11 bits per heavy atom. The van der Waals surface area contributed by atoms with Crippen LogP contribution in [0.4, 0.5) is 10.1 Å². The van der Waals surface area contributed by atoms with Crippen LogP contribution in [-0.4, -0.2) is 21.2 Å². The predicted octanol–water partition coefficient (Wildman–Crippen LogP) is 3.96. The minimum atomic E-state index is -0.365. The van der Waals surface area contributed by atoms with Gasteiger partial charge in [-0.05, 0) is 47.2 Å². The normalized spacial score (nSPS) is 11.1. The van der Waals surface area contributed by atoms with Crippen LogP contribution in [0.3, 0.4) is 0 Å². The summed E-state index contributed by atoms with van der Waals surface area (Å²) >= 11 is 1.18. The summed E-state index contributed by atoms with van der Waals surface area (Å²) in [6.45, 7) is 0. The minimum absolute atomic E-state index is 0.0801. The molecule has 0 atom stereocenters. The van der Waals surface area contributed by atoms with Crippen LogP contribution in [0.2, 0.25) is 0 Å². The van der Waals surface area contributed by atoms with Gasteiger partial charge >= 0.3 is 0 Å². The summed E-state index contributed by atoms with van der Waals surface area (Å²) in [6.07, 6.45) is 0. The molecule has 0 aliphatic heterocycles. The summed E-state index contributed by atoms with van der Waals surface area (Å²) in [4.78, 5) is 29.5. The van der Waals surface area contributed by atoms with Crippen LogP contribution >= 0.6 is 11.8 Å². The van der Waals surface area contributed by atoms with Gasteiger partial charge in [-0.25, -0.2) is 9.37 Å². The molecule has 1 aromatic heterocycles. The van der Waals surface area contributed by atoms with Crippen molar-refractivity contribution in [3.05, 3.63) is 76.8 Å². The quantitative estimate of drug-likeness (QED) is 0.324. The van der Waals surface area contributed by atoms with Crippen LogP contribution < -0.4 is 10.9 Å². The Morgan fingerprint density at radius 3 is 2.50 bits per heavy atom. The number of fused-ring (bicyclic) bond motifs is 2. The number of thioether (sulfide) groups is 1. The molecule has 0 bridgehead atoms. The average molecular weight is 393 g/mol. The minimum Gasteiger partial charge on any atom is -0.325 e. The van der Waals surface area contributed by atoms with Crippen LogP contribution in [0.25, 0.3) is 21.7 Å². The lowest BCUT2D eigenvalue weighted by Gasteiger charge is -2.10. The van der Waals surface area contributed by atoms with Gasteiger partial charge in [0.1, 0.15) is 5.82 Å². The number of aromatic nitrogens is 2. The van der Waals surface area contributed by atoms with Gasteiger partial charge in [-0.15, -0.1) is 0 Å². The second kappa shape index (κ2) is 7.44. The molecule has 0 saturated heterocycles. The Morgan fingerprint density at radius 2 is 1.79 bits per heavy atom. The molecule has 0 spiro atoms. The molecular formula is C21H16FN3O2S. The van der Waals surface area contributed by atoms with Gasteiger partial charge in [-0.3, -0.25) is 14.2 Å². The van der Waals surface area contributed by atoms with E-state index in [1.165, 1.54) is 40.6 Å². The molecule has 1 amide bonds. The standard InChI is InChI=1S/C21H16FN3O2S/c1-25-20(27)17-10-13-4-2-3-5-14(13)11-18(17)24-21(25)28-12-19(26)23-16-8-6-15(22)7-9-16/h2-11H,12H2,1H3,(H,23,26). The Balaban J connectivity index is 1.58. The Hall–Kier alpha value is -3.19. The number of nitrogens with one attached hydrogen (secondary N) is 1. The van der Waals surface area contributed by atoms with Crippen molar-refractivity contribution < 1.29 is 9.18 Å². The molecular weight excluding hydrogens is 377 g/mol. The highest BCUT2D eigenvalue weighted by Gasteiger charge is 2.12. The van der Waals surface area contributed by atoms with Crippen molar-refractivity contribution in [1.82, 2.24) is 9.55 Å². The van der Waals surface area contributed by atoms with Gasteiger partial charge in [0.05, 0.1) is 16.7 Å². The van der Waals surface area contributed by atoms with E-state index in [0.717, 1.165) is 10.8 Å². The number of hydrogen-bond acceptors (Lipinski definition) is 4. The fourth-order valence-corrected chi connectivity index (χ4v) is 3.70. The second-order valence-corrected chi connectivity index (χ2v) is 7.26. The average Bonchev–Trinajstić information content (AvgIpc) is 2.70. The molecule has 0 radical (unpaired) electrons. The molecule has 0 aliphatic carbocycles. The third-order valence-electron chi connectivity index (χ3n) is 4.36. The number of amides is 1. The fraction of sp³-hybridized carbons (Fsp3) is 0.0952. The smallest absolute Gasteiger partial charge is 0.261 e. The third-order valence-corrected chi connectivity index (χ3v) is 5.39. The highest BCUT2D eigenvalue weighted by molar-refractivity contribution is 7.99. The highest BCUT2D eigenvalue weighted by atomic mass is 32.2. The first-order chi connectivity index (χ1) is 13.5. The van der Waals surface area contributed by atoms with Crippen LogP contribution in [0, 0.1) is 5.82 Å². The highest BCUT2D eigenvalue weighted by Crippen LogP contribution is 2.22. The number of halogens is 1. The summed E-state index contributed by atoms with van der Waals surface area (Å²) in [7, 11) is 1.64. The zero-order chi connectivity index (χ0) is 19.7. The lowest BCUT2D eigenvalue weighted by molar-refractivity contribution is -0.113. The van der Waals surface area contributed by atoms with Gasteiger partial charge in [-0.1, -0.05) is 36.0 Å². The lowest BCUT2D eigenvalue weighted by atomic mass is 10.1. The summed E-state index contributed by atoms with van der Waals surface area (Å²) in [5, 5.41) is 5.68. The van der Waals surface area contributed by atoms with Crippen molar-refractivity contribution in [3.8, 4) is 0 Å². The van der Waals surface area contributed by atoms with Crippen LogP contribution in [0.5, 0.6) is 0 Å². The number of hydrogen-bond donors (Lipinski definition) is 1. The molecule has 1 N–H and O–H groups in total. The van der Waals surface area contributed by atoms with Gasteiger partial charge in [0.25, 0.3) is 5.56 Å². The van der Waals surface area contributed by atoms with Crippen LogP contribution in [-0.2, 0) is 11.8 Å². The van der Waals surface area contributed by atoms with E-state index in [1.807, 2.05) is 36.4 Å². The summed E-state index contributed by atoms with van der Waals surface area (Å²) in [6, 6.07) is 17.1. The fourth-order valence-electron chi connectivity index (χ4n) is 2.93. The molecule has 4 aromatic rings. The van der Waals surface area contributed by atoms with E-state index in [9.17, 15) is 14.0 Å². The van der Waals surface area contributed by atoms with E-state index < -0.39 is 0 Å². The predicted molar refractivity (Wildman–Crippen MR) is 110 cm³/mol. The molecule has 3 aromatic carbocycles. The van der Waals surface area contributed by atoms with Crippen LogP contribution in [0.15, 0.2) is 70.6 Å². The van der Waals surface area contributed by atoms with Gasteiger partial charge in [0.2, 0.25) is 5.91 Å². The van der Waals surface area contributed by atoms with E-state index in [1.54, 1.807) is 7.05 Å². The summed E-state index contributed by atoms with van der Waals surface area (Å²) in [5.41, 5.74) is 0.958. The lowest BCUT2D eigenvalue weighted by Crippen LogP contribution is -2.21. The van der Waals surface area contributed by atoms with Gasteiger partial charge in [0.15, 0.2) is 5.16 Å². The molecule has 4 rings (SSSR count). The van der Waals surface area contributed by atoms with E-state index >= 15 is 0 Å². The molecule has 28 heavy (non-hydrogen) atoms. The summed E-state index contributed by atoms with van der Waals surface area (Å²) < 4.78 is 14.4. The molecule has 0 unspecified atom stereocenters. The van der Waals surface area contributed by atoms with Crippen molar-refractivity contribution in [2.45, 2.75) is 5.16 Å². The zero-order valence-electron chi connectivity index (χ0n) is 15.0. The van der Waals surface area contributed by atoms with E-state index in [0.29, 0.717) is 21.7 Å². The first-order valence-electron chi connectivity index (χ1n) is 8.59. The van der Waals surface area contributed by atoms with Crippen molar-refractivity contribution in [3.63, 3.8) is 0 Å². The topological polar surface area (TPSA) is 64.0 Å². The molecule has 0 saturated carbocycles. The van der Waals surface area contributed by atoms with Crippen LogP contribution in [0.1, 0.15) is 0 Å². The molecule has 7 heteroatoms. The maximum Gasteiger partial charge on any atom is 0.261 e. The number of anilines is 1. The Kier molecular flexibility index (Phi) is 4.83. The van der Waals surface area contributed by atoms with Crippen molar-refractivity contribution in [2.75, 3.05) is 11.1 Å². The summed E-state index contributed by atoms with van der Waals surface area (Å²) in [5.74, 6) is -0.545. The van der Waals surface area contributed by atoms with Crippen molar-refractivity contribution in [2.24, 2.45) is 7.05 Å². The number of carbonyl (C=O) groups is 1. The van der Waals surface area contributed by atoms with Gasteiger partial charge in [-0.2, -0.15) is 0 Å². The van der Waals surface area contributed by atoms with Gasteiger partial charge < -0.3 is 5.32 Å². The zero-order valence-corrected chi connectivity index (χ0v) is 15.8. The monoisotopic (exact) mass is 393 g/mol. The molecule has 1 heterocycles. The Labute approximate surface area is 164 Å². The van der Waals surface area contributed by atoms with Crippen molar-refractivity contribution >= 4 is 45.0 Å². The molecule has 140 valence electrons. The Bertz CT molecular complexity index is 1250. The molecule has 5 nitrogen and oxygen atoms in total. The van der Waals surface area contributed by atoms with Gasteiger partial charge in [0, 0.05) is 12.7 Å². The first-order valence-corrected chi connectivity index (χ1v) is 9.57. The third kappa shape index (κ3) is 3.61. The number of carbonyl (C=O) groups excluding carboxylic acids is 1. The van der Waals surface area contributed by atoms with E-state index in [2.05, 4.69) is 10.3 Å². The largest absolute Gasteiger partial charge is 0.325 e. The van der Waals surface area contributed by atoms with E-state index in [4.69, 9.17) is 0 Å². The van der Waals surface area contributed by atoms with Crippen molar-refractivity contribution in [1.29, 1.82) is 0 Å². The van der Waals surface area contributed by atoms with E-state index in [-0.39, 0.29) is 23.0 Å². The molecule has 0 aliphatic rings. The number of rotatable bonds is 4. The maximum absolute atomic E-state index is 12.9. The number of benzene rings is 3. The SMILES string of the molecule is Cn1c(SCC(=O)Nc2ccc(F)cc2)nc2cc3ccccc3cc2c1=O.